The molecule has 0 unspecified atom stereocenters. The Morgan fingerprint density at radius 2 is 1.70 bits per heavy atom. The maximum absolute atomic E-state index is 13.2. The third kappa shape index (κ3) is 8.04. The minimum absolute atomic E-state index is 0.0594. The van der Waals surface area contributed by atoms with Crippen LogP contribution in [0.5, 0.6) is 5.75 Å². The molecule has 0 saturated heterocycles. The third-order valence-corrected chi connectivity index (χ3v) is 9.61. The molecule has 3 aromatic rings. The van der Waals surface area contributed by atoms with E-state index >= 15 is 0 Å². The fourth-order valence-electron chi connectivity index (χ4n) is 4.52. The molecule has 1 heterocycles. The molecule has 0 aliphatic carbocycles. The number of hydrogen-bond donors (Lipinski definition) is 2. The third-order valence-electron chi connectivity index (χ3n) is 6.55. The van der Waals surface area contributed by atoms with Gasteiger partial charge in [-0.3, -0.25) is 4.79 Å². The summed E-state index contributed by atoms with van der Waals surface area (Å²) in [4.78, 5) is 13.7. The van der Waals surface area contributed by atoms with Crippen LogP contribution in [0.15, 0.2) is 30.3 Å². The van der Waals surface area contributed by atoms with Crippen LogP contribution in [0.2, 0.25) is 12.6 Å². The molecule has 40 heavy (non-hydrogen) atoms. The molecule has 0 aliphatic rings. The van der Waals surface area contributed by atoms with Gasteiger partial charge < -0.3 is 19.3 Å². The van der Waals surface area contributed by atoms with E-state index in [2.05, 4.69) is 15.5 Å². The highest BCUT2D eigenvalue weighted by atomic mass is 28.4. The number of aromatic nitrogens is 3. The van der Waals surface area contributed by atoms with Crippen molar-refractivity contribution in [2.45, 2.75) is 78.1 Å². The predicted molar refractivity (Wildman–Crippen MR) is 150 cm³/mol. The summed E-state index contributed by atoms with van der Waals surface area (Å²) in [5, 5.41) is 22.6. The van der Waals surface area contributed by atoms with E-state index in [4.69, 9.17) is 8.85 Å². The number of carbonyl (C=O) groups excluding carboxylic acids is 1. The zero-order valence-corrected chi connectivity index (χ0v) is 25.0. The van der Waals surface area contributed by atoms with Gasteiger partial charge in [0, 0.05) is 31.7 Å². The quantitative estimate of drug-likeness (QED) is 0.201. The van der Waals surface area contributed by atoms with Gasteiger partial charge in [0.05, 0.1) is 5.56 Å². The van der Waals surface area contributed by atoms with E-state index in [0.29, 0.717) is 31.7 Å². The van der Waals surface area contributed by atoms with E-state index in [0.717, 1.165) is 35.0 Å². The Morgan fingerprint density at radius 3 is 2.30 bits per heavy atom. The summed E-state index contributed by atoms with van der Waals surface area (Å²) in [6.07, 6.45) is -3.14. The number of aromatic hydroxyl groups is 1. The molecule has 2 N–H and O–H groups in total. The molecule has 12 heteroatoms. The lowest BCUT2D eigenvalue weighted by molar-refractivity contribution is -0.137. The number of phenols is 1. The molecule has 1 aromatic heterocycles. The maximum Gasteiger partial charge on any atom is 0.416 e. The van der Waals surface area contributed by atoms with Crippen molar-refractivity contribution in [3.63, 3.8) is 0 Å². The van der Waals surface area contributed by atoms with Crippen molar-refractivity contribution in [2.24, 2.45) is 0 Å². The molecule has 220 valence electrons. The van der Waals surface area contributed by atoms with Gasteiger partial charge in [0.2, 0.25) is 5.91 Å². The highest BCUT2D eigenvalue weighted by molar-refractivity contribution is 6.66. The number of aryl methyl sites for hydroxylation is 1. The molecule has 0 radical (unpaired) electrons. The molecule has 0 spiro atoms. The lowest BCUT2D eigenvalue weighted by Crippen LogP contribution is -2.39. The minimum atomic E-state index is -4.51. The van der Waals surface area contributed by atoms with Gasteiger partial charge in [0.25, 0.3) is 0 Å². The number of hydrogen-bond acceptors (Lipinski definition) is 6. The Hall–Kier alpha value is -2.96. The molecule has 0 fully saturated rings. The topological polar surface area (TPSA) is 98.5 Å². The summed E-state index contributed by atoms with van der Waals surface area (Å²) in [5.41, 5.74) is 0.682. The Balaban J connectivity index is 1.76. The number of alkyl halides is 3. The van der Waals surface area contributed by atoms with E-state index in [1.54, 1.807) is 6.07 Å². The predicted octanol–water partition coefficient (Wildman–Crippen LogP) is 6.03. The molecular formula is C28H39F3N4O4Si. The molecule has 8 nitrogen and oxygen atoms in total. The zero-order valence-electron chi connectivity index (χ0n) is 24.0. The van der Waals surface area contributed by atoms with Gasteiger partial charge in [-0.15, -0.1) is 15.0 Å². The Kier molecular flexibility index (Phi) is 10.0. The second kappa shape index (κ2) is 12.7. The van der Waals surface area contributed by atoms with Crippen LogP contribution in [0.3, 0.4) is 0 Å². The first-order valence-corrected chi connectivity index (χ1v) is 16.0. The van der Waals surface area contributed by atoms with Crippen LogP contribution >= 0.6 is 0 Å². The standard InChI is InChI=1S/C28H39F3N4O4Si/c1-7-38-40(6,39-8-2)15-9-14-32-25(36)13-10-19-16-21(27(3,4)5)26(37)24(17-19)35-33-22-12-11-20(28(29,30)31)18-23(22)34-35/h11-12,16-18,37H,7-10,13-15H2,1-6H3,(H,32,36). The van der Waals surface area contributed by atoms with Crippen LogP contribution in [-0.2, 0) is 31.7 Å². The maximum atomic E-state index is 13.2. The number of halogens is 3. The number of benzene rings is 2. The molecular weight excluding hydrogens is 541 g/mol. The van der Waals surface area contributed by atoms with E-state index in [1.807, 2.05) is 47.2 Å². The normalized spacial score (nSPS) is 12.7. The van der Waals surface area contributed by atoms with Gasteiger partial charge in [0.1, 0.15) is 22.5 Å². The summed E-state index contributed by atoms with van der Waals surface area (Å²) >= 11 is 0. The number of carbonyl (C=O) groups is 1. The molecule has 0 atom stereocenters. The average Bonchev–Trinajstić information content (AvgIpc) is 3.28. The highest BCUT2D eigenvalue weighted by Crippen LogP contribution is 2.37. The molecule has 2 aromatic carbocycles. The molecule has 0 bridgehead atoms. The van der Waals surface area contributed by atoms with Gasteiger partial charge in [-0.05, 0) is 74.5 Å². The second-order valence-corrected chi connectivity index (χ2v) is 14.3. The highest BCUT2D eigenvalue weighted by Gasteiger charge is 2.31. The summed E-state index contributed by atoms with van der Waals surface area (Å²) in [7, 11) is -2.23. The van der Waals surface area contributed by atoms with Crippen LogP contribution < -0.4 is 5.32 Å². The minimum Gasteiger partial charge on any atom is -0.505 e. The van der Waals surface area contributed by atoms with Crippen molar-refractivity contribution in [1.29, 1.82) is 0 Å². The monoisotopic (exact) mass is 580 g/mol. The van der Waals surface area contributed by atoms with Crippen LogP contribution in [0, 0.1) is 0 Å². The zero-order chi connectivity index (χ0) is 29.7. The summed E-state index contributed by atoms with van der Waals surface area (Å²) in [5.74, 6) is -0.168. The van der Waals surface area contributed by atoms with Crippen molar-refractivity contribution < 1.29 is 31.9 Å². The molecule has 1 amide bonds. The van der Waals surface area contributed by atoms with Crippen LogP contribution in [0.4, 0.5) is 13.2 Å². The SMILES string of the molecule is CCO[Si](C)(CCCNC(=O)CCc1cc(-n2nc3ccc(C(F)(F)F)cc3n2)c(O)c(C(C)(C)C)c1)OCC. The number of nitrogens with one attached hydrogen (secondary N) is 1. The van der Waals surface area contributed by atoms with Gasteiger partial charge in [-0.2, -0.15) is 13.2 Å². The number of phenolic OH excluding ortho intramolecular Hbond substituents is 1. The first-order valence-electron chi connectivity index (χ1n) is 13.5. The van der Waals surface area contributed by atoms with Crippen molar-refractivity contribution in [3.8, 4) is 11.4 Å². The van der Waals surface area contributed by atoms with Crippen LogP contribution in [0.25, 0.3) is 16.7 Å². The fourth-order valence-corrected chi connectivity index (χ4v) is 6.94. The molecule has 0 aliphatic heterocycles. The van der Waals surface area contributed by atoms with Crippen LogP contribution in [0.1, 0.15) is 64.2 Å². The van der Waals surface area contributed by atoms with Gasteiger partial charge >= 0.3 is 14.7 Å². The largest absolute Gasteiger partial charge is 0.505 e. The summed E-state index contributed by atoms with van der Waals surface area (Å²) < 4.78 is 51.2. The smallest absolute Gasteiger partial charge is 0.416 e. The average molecular weight is 581 g/mol. The fraction of sp³-hybridized carbons (Fsp3) is 0.536. The van der Waals surface area contributed by atoms with Gasteiger partial charge in [0.15, 0.2) is 0 Å². The Bertz CT molecular complexity index is 1320. The Morgan fingerprint density at radius 1 is 1.05 bits per heavy atom. The lowest BCUT2D eigenvalue weighted by Gasteiger charge is -2.25. The van der Waals surface area contributed by atoms with Gasteiger partial charge in [-0.25, -0.2) is 0 Å². The number of rotatable bonds is 12. The summed E-state index contributed by atoms with van der Waals surface area (Å²) in [6.45, 7) is 13.4. The van der Waals surface area contributed by atoms with Crippen molar-refractivity contribution in [2.75, 3.05) is 19.8 Å². The summed E-state index contributed by atoms with van der Waals surface area (Å²) in [6, 6.07) is 7.43. The number of nitrogens with zero attached hydrogens (tertiary/aromatic N) is 3. The van der Waals surface area contributed by atoms with Crippen LogP contribution in [-0.4, -0.2) is 54.3 Å². The number of amides is 1. The van der Waals surface area contributed by atoms with Crippen molar-refractivity contribution >= 4 is 25.5 Å². The van der Waals surface area contributed by atoms with E-state index in [9.17, 15) is 23.1 Å². The first-order chi connectivity index (χ1) is 18.7. The molecule has 3 rings (SSSR count). The first kappa shape index (κ1) is 31.6. The van der Waals surface area contributed by atoms with Crippen molar-refractivity contribution in [1.82, 2.24) is 20.3 Å². The van der Waals surface area contributed by atoms with E-state index < -0.39 is 25.7 Å². The van der Waals surface area contributed by atoms with E-state index in [1.165, 1.54) is 6.07 Å². The molecule has 0 saturated carbocycles. The van der Waals surface area contributed by atoms with E-state index in [-0.39, 0.29) is 34.8 Å². The van der Waals surface area contributed by atoms with Crippen molar-refractivity contribution in [3.05, 3.63) is 47.0 Å². The lowest BCUT2D eigenvalue weighted by atomic mass is 9.84. The number of fused-ring (bicyclic) bond motifs is 1. The second-order valence-electron chi connectivity index (χ2n) is 10.9. The van der Waals surface area contributed by atoms with Gasteiger partial charge in [-0.1, -0.05) is 26.8 Å². The Labute approximate surface area is 234 Å².